The van der Waals surface area contributed by atoms with Crippen LogP contribution in [0.3, 0.4) is 0 Å². The normalized spacial score (nSPS) is 18.5. The first-order valence-electron chi connectivity index (χ1n) is 9.48. The van der Waals surface area contributed by atoms with E-state index in [4.69, 9.17) is 0 Å². The third-order valence-electron chi connectivity index (χ3n) is 5.30. The van der Waals surface area contributed by atoms with Crippen LogP contribution < -0.4 is 5.32 Å². The van der Waals surface area contributed by atoms with Crippen molar-refractivity contribution < 1.29 is 4.79 Å². The molecule has 0 spiro atoms. The number of hydrogen-bond acceptors (Lipinski definition) is 1. The van der Waals surface area contributed by atoms with E-state index in [1.165, 1.54) is 5.56 Å². The summed E-state index contributed by atoms with van der Waals surface area (Å²) in [5, 5.41) is 3.25. The lowest BCUT2D eigenvalue weighted by Gasteiger charge is -2.29. The molecule has 0 aromatic heterocycles. The first-order chi connectivity index (χ1) is 13.6. The number of hydrogen-bond donors (Lipinski definition) is 1. The lowest BCUT2D eigenvalue weighted by Crippen LogP contribution is -2.39. The van der Waals surface area contributed by atoms with Crippen LogP contribution in [-0.2, 0) is 10.3 Å². The standard InChI is InChI=1S/C26H23NO/c1-19-13-15-21(16-14-19)20(2)17-26(23-11-7-4-8-12-23)18-24(25(28)27-26)22-9-5-3-6-10-22/h3-16,18H,2,17H2,1H3,(H,27,28). The molecule has 0 saturated heterocycles. The fourth-order valence-corrected chi connectivity index (χ4v) is 3.77. The Bertz CT molecular complexity index is 1030. The third-order valence-corrected chi connectivity index (χ3v) is 5.30. The van der Waals surface area contributed by atoms with Crippen molar-refractivity contribution >= 4 is 17.1 Å². The number of amides is 1. The van der Waals surface area contributed by atoms with Crippen LogP contribution in [0.25, 0.3) is 11.1 Å². The molecule has 3 aromatic rings. The Morgan fingerprint density at radius 1 is 0.893 bits per heavy atom. The van der Waals surface area contributed by atoms with Crippen LogP contribution >= 0.6 is 0 Å². The summed E-state index contributed by atoms with van der Waals surface area (Å²) in [6.07, 6.45) is 2.68. The van der Waals surface area contributed by atoms with Gasteiger partial charge < -0.3 is 5.32 Å². The minimum absolute atomic E-state index is 0.0493. The highest BCUT2D eigenvalue weighted by atomic mass is 16.2. The molecule has 2 nitrogen and oxygen atoms in total. The second-order valence-corrected chi connectivity index (χ2v) is 7.36. The molecule has 2 heteroatoms. The third kappa shape index (κ3) is 3.41. The first-order valence-corrected chi connectivity index (χ1v) is 9.48. The summed E-state index contributed by atoms with van der Waals surface area (Å²) in [6.45, 7) is 6.40. The Kier molecular flexibility index (Phi) is 4.70. The fraction of sp³-hybridized carbons (Fsp3) is 0.115. The SMILES string of the molecule is C=C(CC1(c2ccccc2)C=C(c2ccccc2)C(=O)N1)c1ccc(C)cc1. The van der Waals surface area contributed by atoms with Crippen molar-refractivity contribution in [3.8, 4) is 0 Å². The summed E-state index contributed by atoms with van der Waals surface area (Å²) in [5.41, 5.74) is 5.40. The summed E-state index contributed by atoms with van der Waals surface area (Å²) >= 11 is 0. The number of benzene rings is 3. The van der Waals surface area contributed by atoms with E-state index in [2.05, 4.69) is 61.3 Å². The molecule has 1 aliphatic rings. The van der Waals surface area contributed by atoms with Gasteiger partial charge >= 0.3 is 0 Å². The molecule has 0 aliphatic carbocycles. The zero-order valence-corrected chi connectivity index (χ0v) is 16.0. The zero-order valence-electron chi connectivity index (χ0n) is 16.0. The van der Waals surface area contributed by atoms with E-state index in [-0.39, 0.29) is 5.91 Å². The molecule has 0 radical (unpaired) electrons. The predicted molar refractivity (Wildman–Crippen MR) is 116 cm³/mol. The molecule has 4 rings (SSSR count). The molecule has 0 saturated carbocycles. The summed E-state index contributed by atoms with van der Waals surface area (Å²) in [6, 6.07) is 28.3. The molecule has 0 bridgehead atoms. The maximum absolute atomic E-state index is 12.9. The van der Waals surface area contributed by atoms with Crippen molar-refractivity contribution in [1.29, 1.82) is 0 Å². The maximum atomic E-state index is 12.9. The van der Waals surface area contributed by atoms with Gasteiger partial charge in [-0.1, -0.05) is 97.1 Å². The topological polar surface area (TPSA) is 29.1 Å². The van der Waals surface area contributed by atoms with E-state index in [0.29, 0.717) is 12.0 Å². The van der Waals surface area contributed by atoms with E-state index in [9.17, 15) is 4.79 Å². The van der Waals surface area contributed by atoms with Crippen molar-refractivity contribution in [1.82, 2.24) is 5.32 Å². The highest BCUT2D eigenvalue weighted by molar-refractivity contribution is 6.22. The van der Waals surface area contributed by atoms with E-state index < -0.39 is 5.54 Å². The van der Waals surface area contributed by atoms with E-state index in [0.717, 1.165) is 22.3 Å². The lowest BCUT2D eigenvalue weighted by molar-refractivity contribution is -0.116. The molecule has 28 heavy (non-hydrogen) atoms. The summed E-state index contributed by atoms with van der Waals surface area (Å²) in [5.74, 6) is -0.0493. The van der Waals surface area contributed by atoms with E-state index in [1.54, 1.807) is 0 Å². The van der Waals surface area contributed by atoms with Gasteiger partial charge in [0.15, 0.2) is 0 Å². The van der Waals surface area contributed by atoms with Crippen molar-refractivity contribution in [3.05, 3.63) is 120 Å². The first kappa shape index (κ1) is 18.0. The van der Waals surface area contributed by atoms with Crippen LogP contribution in [-0.4, -0.2) is 5.91 Å². The molecular formula is C26H23NO. The Hall–Kier alpha value is -3.39. The highest BCUT2D eigenvalue weighted by Crippen LogP contribution is 2.39. The van der Waals surface area contributed by atoms with Crippen molar-refractivity contribution in [2.24, 2.45) is 0 Å². The maximum Gasteiger partial charge on any atom is 0.252 e. The van der Waals surface area contributed by atoms with Crippen LogP contribution in [0, 0.1) is 6.92 Å². The van der Waals surface area contributed by atoms with Gasteiger partial charge in [-0.25, -0.2) is 0 Å². The van der Waals surface area contributed by atoms with Gasteiger partial charge in [0.1, 0.15) is 0 Å². The molecule has 1 amide bonds. The average molecular weight is 365 g/mol. The molecule has 1 aliphatic heterocycles. The number of carbonyl (C=O) groups is 1. The monoisotopic (exact) mass is 365 g/mol. The van der Waals surface area contributed by atoms with E-state index >= 15 is 0 Å². The van der Waals surface area contributed by atoms with Crippen molar-refractivity contribution in [2.75, 3.05) is 0 Å². The van der Waals surface area contributed by atoms with Crippen LogP contribution in [0.1, 0.15) is 28.7 Å². The summed E-state index contributed by atoms with van der Waals surface area (Å²) in [4.78, 5) is 12.9. The van der Waals surface area contributed by atoms with Gasteiger partial charge in [-0.3, -0.25) is 4.79 Å². The number of nitrogens with one attached hydrogen (secondary N) is 1. The number of aryl methyl sites for hydroxylation is 1. The number of carbonyl (C=O) groups excluding carboxylic acids is 1. The van der Waals surface area contributed by atoms with Gasteiger partial charge in [-0.2, -0.15) is 0 Å². The van der Waals surface area contributed by atoms with Crippen LogP contribution in [0.2, 0.25) is 0 Å². The Morgan fingerprint density at radius 2 is 1.50 bits per heavy atom. The van der Waals surface area contributed by atoms with Gasteiger partial charge in [-0.15, -0.1) is 0 Å². The van der Waals surface area contributed by atoms with Crippen LogP contribution in [0.4, 0.5) is 0 Å². The Morgan fingerprint density at radius 3 is 2.14 bits per heavy atom. The molecule has 1 heterocycles. The second-order valence-electron chi connectivity index (χ2n) is 7.36. The smallest absolute Gasteiger partial charge is 0.252 e. The highest BCUT2D eigenvalue weighted by Gasteiger charge is 2.39. The molecule has 1 unspecified atom stereocenters. The van der Waals surface area contributed by atoms with Crippen LogP contribution in [0.15, 0.2) is 97.6 Å². The lowest BCUT2D eigenvalue weighted by atomic mass is 9.82. The molecule has 138 valence electrons. The van der Waals surface area contributed by atoms with Gasteiger partial charge in [0, 0.05) is 12.0 Å². The average Bonchev–Trinajstić information content (AvgIpc) is 3.07. The van der Waals surface area contributed by atoms with Crippen molar-refractivity contribution in [3.63, 3.8) is 0 Å². The largest absolute Gasteiger partial charge is 0.339 e. The second kappa shape index (κ2) is 7.32. The van der Waals surface area contributed by atoms with Gasteiger partial charge in [0.05, 0.1) is 5.54 Å². The van der Waals surface area contributed by atoms with E-state index in [1.807, 2.05) is 48.5 Å². The molecule has 0 fully saturated rings. The molecule has 1 N–H and O–H groups in total. The van der Waals surface area contributed by atoms with Crippen LogP contribution in [0.5, 0.6) is 0 Å². The predicted octanol–water partition coefficient (Wildman–Crippen LogP) is 5.51. The van der Waals surface area contributed by atoms with Gasteiger partial charge in [0.25, 0.3) is 5.91 Å². The minimum atomic E-state index is -0.606. The Balaban J connectivity index is 1.76. The zero-order chi connectivity index (χ0) is 19.6. The minimum Gasteiger partial charge on any atom is -0.339 e. The number of rotatable bonds is 5. The Labute approximate surface area is 166 Å². The molecule has 3 aromatic carbocycles. The van der Waals surface area contributed by atoms with Crippen molar-refractivity contribution in [2.45, 2.75) is 18.9 Å². The quantitative estimate of drug-likeness (QED) is 0.635. The fourth-order valence-electron chi connectivity index (χ4n) is 3.77. The summed E-state index contributed by atoms with van der Waals surface area (Å²) < 4.78 is 0. The molecular weight excluding hydrogens is 342 g/mol. The van der Waals surface area contributed by atoms with Gasteiger partial charge in [0.2, 0.25) is 0 Å². The summed E-state index contributed by atoms with van der Waals surface area (Å²) in [7, 11) is 0. The molecule has 1 atom stereocenters. The van der Waals surface area contributed by atoms with Gasteiger partial charge in [-0.05, 0) is 35.3 Å².